The Balaban J connectivity index is 0. The van der Waals surface area contributed by atoms with Crippen LogP contribution in [0.15, 0.2) is 12.1 Å². The first kappa shape index (κ1) is 20.5. The Hall–Kier alpha value is 0.226. The summed E-state index contributed by atoms with van der Waals surface area (Å²) in [5.41, 5.74) is 2.39. The van der Waals surface area contributed by atoms with Crippen molar-refractivity contribution in [2.24, 2.45) is 0 Å². The van der Waals surface area contributed by atoms with Crippen molar-refractivity contribution in [3.05, 3.63) is 29.3 Å². The van der Waals surface area contributed by atoms with Crippen LogP contribution in [-0.4, -0.2) is 37.0 Å². The van der Waals surface area contributed by atoms with Gasteiger partial charge in [-0.1, -0.05) is 39.5 Å². The molecule has 0 atom stereocenters. The van der Waals surface area contributed by atoms with Gasteiger partial charge in [-0.2, -0.15) is 18.2 Å². The molecular weight excluding hydrogens is 304 g/mol. The molecular formula is C14H21BrMgO2. The van der Waals surface area contributed by atoms with Gasteiger partial charge in [0.1, 0.15) is 0 Å². The molecule has 0 saturated heterocycles. The first-order valence-corrected chi connectivity index (χ1v) is 5.73. The number of benzene rings is 1. The third kappa shape index (κ3) is 5.47. The standard InChI is InChI=1S/C14H21O2.BrH.Mg/c1-10(2)12-7-6-8-13(11(3)4)14(12)16-9-15-5;;/h7-8,10-11H,9H2,1-5H3;1H;/q-1;;+2/p-1. The molecule has 4 heteroatoms. The van der Waals surface area contributed by atoms with Crippen LogP contribution in [0.5, 0.6) is 5.75 Å². The summed E-state index contributed by atoms with van der Waals surface area (Å²) in [5, 5.41) is 0. The van der Waals surface area contributed by atoms with Crippen LogP contribution in [0, 0.1) is 6.07 Å². The number of hydrogen-bond acceptors (Lipinski definition) is 2. The number of methoxy groups -OCH3 is 1. The molecule has 0 aliphatic heterocycles. The van der Waals surface area contributed by atoms with E-state index in [0.717, 1.165) is 5.75 Å². The predicted octanol–water partition coefficient (Wildman–Crippen LogP) is 0.339. The molecule has 0 unspecified atom stereocenters. The Kier molecular flexibility index (Phi) is 11.5. The summed E-state index contributed by atoms with van der Waals surface area (Å²) < 4.78 is 10.7. The molecule has 98 valence electrons. The van der Waals surface area contributed by atoms with Crippen LogP contribution < -0.4 is 21.7 Å². The van der Waals surface area contributed by atoms with E-state index >= 15 is 0 Å². The molecule has 0 N–H and O–H groups in total. The molecule has 0 spiro atoms. The number of ether oxygens (including phenoxy) is 2. The number of rotatable bonds is 5. The van der Waals surface area contributed by atoms with E-state index in [1.54, 1.807) is 7.11 Å². The predicted molar refractivity (Wildman–Crippen MR) is 71.7 cm³/mol. The zero-order valence-electron chi connectivity index (χ0n) is 11.9. The van der Waals surface area contributed by atoms with E-state index in [9.17, 15) is 0 Å². The largest absolute Gasteiger partial charge is 2.00 e. The Bertz CT molecular complexity index is 314. The minimum absolute atomic E-state index is 0. The number of halogens is 1. The van der Waals surface area contributed by atoms with Crippen molar-refractivity contribution in [2.45, 2.75) is 39.5 Å². The van der Waals surface area contributed by atoms with Crippen LogP contribution in [-0.2, 0) is 4.74 Å². The molecule has 0 aliphatic rings. The maximum Gasteiger partial charge on any atom is 2.00 e. The van der Waals surface area contributed by atoms with Crippen LogP contribution in [0.4, 0.5) is 0 Å². The summed E-state index contributed by atoms with van der Waals surface area (Å²) in [7, 11) is 1.64. The van der Waals surface area contributed by atoms with Crippen molar-refractivity contribution >= 4 is 23.1 Å². The molecule has 0 fully saturated rings. The second-order valence-corrected chi connectivity index (χ2v) is 4.56. The van der Waals surface area contributed by atoms with Crippen LogP contribution >= 0.6 is 0 Å². The van der Waals surface area contributed by atoms with Gasteiger partial charge in [0.05, 0.1) is 0 Å². The fraction of sp³-hybridized carbons (Fsp3) is 0.571. The number of hydrogen-bond donors (Lipinski definition) is 0. The van der Waals surface area contributed by atoms with Crippen molar-refractivity contribution in [1.82, 2.24) is 0 Å². The van der Waals surface area contributed by atoms with Crippen LogP contribution in [0.1, 0.15) is 50.7 Å². The van der Waals surface area contributed by atoms with Crippen molar-refractivity contribution < 1.29 is 26.5 Å². The van der Waals surface area contributed by atoms with Gasteiger partial charge in [0.2, 0.25) is 0 Å². The molecule has 0 aromatic heterocycles. The van der Waals surface area contributed by atoms with E-state index < -0.39 is 0 Å². The monoisotopic (exact) mass is 324 g/mol. The second kappa shape index (κ2) is 10.1. The maximum absolute atomic E-state index is 5.70. The zero-order valence-corrected chi connectivity index (χ0v) is 14.9. The first-order chi connectivity index (χ1) is 7.57. The minimum atomic E-state index is 0. The Morgan fingerprint density at radius 1 is 1.06 bits per heavy atom. The molecule has 0 bridgehead atoms. The molecule has 0 amide bonds. The minimum Gasteiger partial charge on any atom is -1.00 e. The van der Waals surface area contributed by atoms with Gasteiger partial charge in [-0.05, 0) is 0 Å². The maximum atomic E-state index is 5.70. The van der Waals surface area contributed by atoms with Gasteiger partial charge in [0, 0.05) is 12.9 Å². The van der Waals surface area contributed by atoms with Crippen LogP contribution in [0.3, 0.4) is 0 Å². The van der Waals surface area contributed by atoms with Crippen LogP contribution in [0.25, 0.3) is 0 Å². The Morgan fingerprint density at radius 2 is 1.50 bits per heavy atom. The third-order valence-electron chi connectivity index (χ3n) is 2.57. The first-order valence-electron chi connectivity index (χ1n) is 5.73. The van der Waals surface area contributed by atoms with E-state index in [2.05, 4.69) is 33.8 Å². The second-order valence-electron chi connectivity index (χ2n) is 4.56. The van der Waals surface area contributed by atoms with Gasteiger partial charge in [0.15, 0.2) is 6.79 Å². The van der Waals surface area contributed by atoms with E-state index in [-0.39, 0.29) is 40.0 Å². The van der Waals surface area contributed by atoms with E-state index in [4.69, 9.17) is 9.47 Å². The average Bonchev–Trinajstić information content (AvgIpc) is 2.25. The Morgan fingerprint density at radius 3 is 1.83 bits per heavy atom. The van der Waals surface area contributed by atoms with E-state index in [1.807, 2.05) is 12.1 Å². The topological polar surface area (TPSA) is 18.5 Å². The van der Waals surface area contributed by atoms with Gasteiger partial charge in [-0.25, -0.2) is 0 Å². The quantitative estimate of drug-likeness (QED) is 0.442. The summed E-state index contributed by atoms with van der Waals surface area (Å²) in [4.78, 5) is 0. The molecule has 0 heterocycles. The van der Waals surface area contributed by atoms with Crippen molar-refractivity contribution in [2.75, 3.05) is 13.9 Å². The summed E-state index contributed by atoms with van der Waals surface area (Å²) in [6.45, 7) is 8.93. The molecule has 0 saturated carbocycles. The summed E-state index contributed by atoms with van der Waals surface area (Å²) in [6, 6.07) is 7.19. The van der Waals surface area contributed by atoms with Crippen molar-refractivity contribution in [3.63, 3.8) is 0 Å². The average molecular weight is 326 g/mol. The molecule has 18 heavy (non-hydrogen) atoms. The summed E-state index contributed by atoms with van der Waals surface area (Å²) in [6.07, 6.45) is 0. The summed E-state index contributed by atoms with van der Waals surface area (Å²) in [5.74, 6) is 1.83. The van der Waals surface area contributed by atoms with Gasteiger partial charge < -0.3 is 26.5 Å². The van der Waals surface area contributed by atoms with E-state index in [0.29, 0.717) is 18.6 Å². The smallest absolute Gasteiger partial charge is 1.00 e. The molecule has 0 aliphatic carbocycles. The van der Waals surface area contributed by atoms with Crippen molar-refractivity contribution in [3.8, 4) is 5.75 Å². The summed E-state index contributed by atoms with van der Waals surface area (Å²) >= 11 is 0. The van der Waals surface area contributed by atoms with Gasteiger partial charge >= 0.3 is 23.1 Å². The third-order valence-corrected chi connectivity index (χ3v) is 2.57. The zero-order chi connectivity index (χ0) is 12.1. The molecule has 1 aromatic carbocycles. The SMILES string of the molecule is COCOc1c(C(C)C)c[c-]cc1C(C)C.[Br-].[Mg+2]. The van der Waals surface area contributed by atoms with Gasteiger partial charge in [-0.15, -0.1) is 11.1 Å². The van der Waals surface area contributed by atoms with Gasteiger partial charge in [-0.3, -0.25) is 0 Å². The fourth-order valence-electron chi connectivity index (χ4n) is 1.66. The normalized spacial score (nSPS) is 9.94. The molecule has 2 nitrogen and oxygen atoms in total. The van der Waals surface area contributed by atoms with E-state index in [1.165, 1.54) is 11.1 Å². The van der Waals surface area contributed by atoms with Crippen molar-refractivity contribution in [1.29, 1.82) is 0 Å². The van der Waals surface area contributed by atoms with Gasteiger partial charge in [0.25, 0.3) is 0 Å². The van der Waals surface area contributed by atoms with Crippen LogP contribution in [0.2, 0.25) is 0 Å². The Labute approximate surface area is 137 Å². The fourth-order valence-corrected chi connectivity index (χ4v) is 1.66. The molecule has 1 rings (SSSR count). The molecule has 1 aromatic rings. The molecule has 0 radical (unpaired) electrons.